The van der Waals surface area contributed by atoms with Crippen LogP contribution in [0.4, 0.5) is 4.79 Å². The van der Waals surface area contributed by atoms with Gasteiger partial charge in [-0.3, -0.25) is 0 Å². The monoisotopic (exact) mass is 448 g/mol. The highest BCUT2D eigenvalue weighted by Crippen LogP contribution is 2.41. The fourth-order valence-corrected chi connectivity index (χ4v) is 5.99. The van der Waals surface area contributed by atoms with Gasteiger partial charge in [0.05, 0.1) is 7.11 Å². The summed E-state index contributed by atoms with van der Waals surface area (Å²) in [6.07, 6.45) is 11.5. The van der Waals surface area contributed by atoms with Crippen molar-refractivity contribution in [2.24, 2.45) is 5.92 Å². The maximum Gasteiger partial charge on any atom is 0.508 e. The Hall–Kier alpha value is -2.29. The molecule has 0 saturated heterocycles. The number of methoxy groups -OCH3 is 1. The van der Waals surface area contributed by atoms with Crippen LogP contribution in [-0.2, 0) is 9.47 Å². The van der Waals surface area contributed by atoms with Crippen LogP contribution in [0.3, 0.4) is 0 Å². The average molecular weight is 449 g/mol. The van der Waals surface area contributed by atoms with Crippen molar-refractivity contribution < 1.29 is 14.3 Å². The van der Waals surface area contributed by atoms with E-state index < -0.39 is 11.8 Å². The number of rotatable bonds is 6. The van der Waals surface area contributed by atoms with Crippen molar-refractivity contribution in [2.75, 3.05) is 7.11 Å². The van der Waals surface area contributed by atoms with Crippen molar-refractivity contribution in [1.82, 2.24) is 0 Å². The van der Waals surface area contributed by atoms with Gasteiger partial charge in [0.2, 0.25) is 0 Å². The Bertz CT molecular complexity index is 883. The molecule has 2 aromatic rings. The van der Waals surface area contributed by atoms with Crippen LogP contribution in [0, 0.1) is 5.92 Å². The molecule has 0 atom stereocenters. The first-order valence-corrected chi connectivity index (χ1v) is 13.0. The molecule has 2 aliphatic carbocycles. The van der Waals surface area contributed by atoms with Gasteiger partial charge in [-0.25, -0.2) is 4.79 Å². The smallest absolute Gasteiger partial charge is 0.438 e. The Labute approximate surface area is 199 Å². The zero-order valence-electron chi connectivity index (χ0n) is 20.6. The number of ether oxygens (including phenoxy) is 2. The van der Waals surface area contributed by atoms with Crippen LogP contribution in [0.15, 0.2) is 48.5 Å². The maximum atomic E-state index is 11.5. The quantitative estimate of drug-likeness (QED) is 0.415. The highest BCUT2D eigenvalue weighted by molar-refractivity contribution is 5.64. The first-order chi connectivity index (χ1) is 16.0. The molecule has 0 radical (unpaired) electrons. The predicted octanol–water partition coefficient (Wildman–Crippen LogP) is 8.63. The molecule has 2 fully saturated rings. The maximum absolute atomic E-state index is 11.5. The third-order valence-electron chi connectivity index (χ3n) is 8.18. The number of carbonyl (C=O) groups is 1. The van der Waals surface area contributed by atoms with Crippen LogP contribution < -0.4 is 0 Å². The van der Waals surface area contributed by atoms with Gasteiger partial charge < -0.3 is 9.47 Å². The standard InChI is InChI=1S/C30H40O3/c1-4-5-22-6-8-23(9-7-22)24-10-12-25(13-11-24)26-14-16-27(17-15-26)28-18-20-30(2,21-19-28)33-29(31)32-3/h10-17,22-23,28H,4-9,18-21H2,1-3H3/t22-,23-,28?,30?. The molecule has 3 heteroatoms. The Morgan fingerprint density at radius 3 is 1.76 bits per heavy atom. The van der Waals surface area contributed by atoms with Crippen LogP contribution >= 0.6 is 0 Å². The summed E-state index contributed by atoms with van der Waals surface area (Å²) in [4.78, 5) is 11.5. The third kappa shape index (κ3) is 5.99. The second-order valence-electron chi connectivity index (χ2n) is 10.5. The highest BCUT2D eigenvalue weighted by atomic mass is 16.7. The lowest BCUT2D eigenvalue weighted by molar-refractivity contribution is -0.0396. The predicted molar refractivity (Wildman–Crippen MR) is 135 cm³/mol. The molecular formula is C30H40O3. The molecule has 3 nitrogen and oxygen atoms in total. The Kier molecular flexibility index (Phi) is 7.78. The second kappa shape index (κ2) is 10.8. The average Bonchev–Trinajstić information content (AvgIpc) is 2.85. The van der Waals surface area contributed by atoms with Gasteiger partial charge in [-0.1, -0.05) is 68.3 Å². The van der Waals surface area contributed by atoms with Crippen molar-refractivity contribution in [1.29, 1.82) is 0 Å². The molecule has 2 aliphatic rings. The van der Waals surface area contributed by atoms with E-state index in [1.165, 1.54) is 67.9 Å². The van der Waals surface area contributed by atoms with Crippen LogP contribution in [0.25, 0.3) is 11.1 Å². The molecule has 0 spiro atoms. The fourth-order valence-electron chi connectivity index (χ4n) is 5.99. The zero-order chi connectivity index (χ0) is 23.3. The lowest BCUT2D eigenvalue weighted by Gasteiger charge is -2.36. The summed E-state index contributed by atoms with van der Waals surface area (Å²) in [6, 6.07) is 18.4. The molecule has 178 valence electrons. The minimum Gasteiger partial charge on any atom is -0.438 e. The molecular weight excluding hydrogens is 408 g/mol. The Morgan fingerprint density at radius 1 is 0.818 bits per heavy atom. The van der Waals surface area contributed by atoms with E-state index in [0.717, 1.165) is 37.5 Å². The normalized spacial score (nSPS) is 27.7. The minimum absolute atomic E-state index is 0.402. The van der Waals surface area contributed by atoms with Gasteiger partial charge in [0, 0.05) is 0 Å². The van der Waals surface area contributed by atoms with E-state index in [-0.39, 0.29) is 0 Å². The molecule has 0 aliphatic heterocycles. The zero-order valence-corrected chi connectivity index (χ0v) is 20.6. The van der Waals surface area contributed by atoms with E-state index in [1.54, 1.807) is 0 Å². The fraction of sp³-hybridized carbons (Fsp3) is 0.567. The number of carbonyl (C=O) groups excluding carboxylic acids is 1. The van der Waals surface area contributed by atoms with E-state index in [4.69, 9.17) is 4.74 Å². The number of hydrogen-bond donors (Lipinski definition) is 0. The Balaban J connectivity index is 1.33. The highest BCUT2D eigenvalue weighted by Gasteiger charge is 2.35. The van der Waals surface area contributed by atoms with Gasteiger partial charge in [0.1, 0.15) is 5.60 Å². The van der Waals surface area contributed by atoms with Gasteiger partial charge in [-0.05, 0) is 98.3 Å². The van der Waals surface area contributed by atoms with Crippen molar-refractivity contribution in [3.8, 4) is 11.1 Å². The summed E-state index contributed by atoms with van der Waals surface area (Å²) in [6.45, 7) is 4.33. The summed E-state index contributed by atoms with van der Waals surface area (Å²) in [7, 11) is 1.37. The molecule has 0 N–H and O–H groups in total. The molecule has 0 amide bonds. The van der Waals surface area contributed by atoms with E-state index in [0.29, 0.717) is 5.92 Å². The molecule has 2 aromatic carbocycles. The molecule has 0 unspecified atom stereocenters. The molecule has 0 aromatic heterocycles. The van der Waals surface area contributed by atoms with Gasteiger partial charge >= 0.3 is 6.16 Å². The van der Waals surface area contributed by atoms with E-state index in [1.807, 2.05) is 6.92 Å². The van der Waals surface area contributed by atoms with Crippen LogP contribution in [0.1, 0.15) is 101 Å². The van der Waals surface area contributed by atoms with E-state index >= 15 is 0 Å². The first-order valence-electron chi connectivity index (χ1n) is 13.0. The number of benzene rings is 2. The van der Waals surface area contributed by atoms with Gasteiger partial charge in [-0.15, -0.1) is 0 Å². The second-order valence-corrected chi connectivity index (χ2v) is 10.5. The molecule has 0 heterocycles. The lowest BCUT2D eigenvalue weighted by atomic mass is 9.76. The SMILES string of the molecule is CCC[C@H]1CC[C@H](c2ccc(-c3ccc(C4CCC(C)(OC(=O)OC)CC4)cc3)cc2)CC1. The van der Waals surface area contributed by atoms with Crippen LogP contribution in [-0.4, -0.2) is 18.9 Å². The summed E-state index contributed by atoms with van der Waals surface area (Å²) in [5.74, 6) is 2.23. The topological polar surface area (TPSA) is 35.5 Å². The first kappa shape index (κ1) is 23.9. The van der Waals surface area contributed by atoms with Gasteiger partial charge in [0.15, 0.2) is 0 Å². The summed E-state index contributed by atoms with van der Waals surface area (Å²) in [5, 5.41) is 0. The molecule has 4 rings (SSSR count). The summed E-state index contributed by atoms with van der Waals surface area (Å²) in [5.41, 5.74) is 5.09. The van der Waals surface area contributed by atoms with Gasteiger partial charge in [-0.2, -0.15) is 0 Å². The van der Waals surface area contributed by atoms with E-state index in [9.17, 15) is 4.79 Å². The molecule has 2 saturated carbocycles. The van der Waals surface area contributed by atoms with Crippen molar-refractivity contribution in [2.45, 2.75) is 95.5 Å². The van der Waals surface area contributed by atoms with Crippen LogP contribution in [0.2, 0.25) is 0 Å². The third-order valence-corrected chi connectivity index (χ3v) is 8.18. The molecule has 0 bridgehead atoms. The molecule has 33 heavy (non-hydrogen) atoms. The van der Waals surface area contributed by atoms with Crippen LogP contribution in [0.5, 0.6) is 0 Å². The minimum atomic E-state index is -0.574. The van der Waals surface area contributed by atoms with Crippen molar-refractivity contribution >= 4 is 6.16 Å². The Morgan fingerprint density at radius 2 is 1.30 bits per heavy atom. The van der Waals surface area contributed by atoms with Gasteiger partial charge in [0.25, 0.3) is 0 Å². The largest absolute Gasteiger partial charge is 0.508 e. The summed E-state index contributed by atoms with van der Waals surface area (Å²) < 4.78 is 10.2. The summed E-state index contributed by atoms with van der Waals surface area (Å²) >= 11 is 0. The number of hydrogen-bond acceptors (Lipinski definition) is 3. The lowest BCUT2D eigenvalue weighted by Crippen LogP contribution is -2.35. The van der Waals surface area contributed by atoms with Crippen molar-refractivity contribution in [3.05, 3.63) is 59.7 Å². The van der Waals surface area contributed by atoms with Crippen molar-refractivity contribution in [3.63, 3.8) is 0 Å². The van der Waals surface area contributed by atoms with E-state index in [2.05, 4.69) is 60.2 Å².